The van der Waals surface area contributed by atoms with Crippen molar-refractivity contribution in [2.24, 2.45) is 0 Å². The van der Waals surface area contributed by atoms with E-state index in [1.807, 2.05) is 30.3 Å². The lowest BCUT2D eigenvalue weighted by atomic mass is 10.2. The summed E-state index contributed by atoms with van der Waals surface area (Å²) in [4.78, 5) is 12.0. The number of nitrogen functional groups attached to an aromatic ring is 1. The van der Waals surface area contributed by atoms with Crippen LogP contribution >= 0.6 is 0 Å². The van der Waals surface area contributed by atoms with Crippen molar-refractivity contribution in [3.05, 3.63) is 41.6 Å². The van der Waals surface area contributed by atoms with Gasteiger partial charge in [-0.05, 0) is 26.1 Å². The van der Waals surface area contributed by atoms with Gasteiger partial charge in [0.2, 0.25) is 0 Å². The van der Waals surface area contributed by atoms with Gasteiger partial charge < -0.3 is 15.8 Å². The van der Waals surface area contributed by atoms with E-state index >= 15 is 0 Å². The second-order valence-electron chi connectivity index (χ2n) is 4.21. The van der Waals surface area contributed by atoms with Crippen LogP contribution in [0, 0.1) is 0 Å². The molecule has 0 bridgehead atoms. The highest BCUT2D eigenvalue weighted by atomic mass is 16.5. The highest BCUT2D eigenvalue weighted by molar-refractivity contribution is 5.90. The molecule has 0 spiro atoms. The molecule has 6 heteroatoms. The van der Waals surface area contributed by atoms with Crippen LogP contribution in [0.5, 0.6) is 0 Å². The molecule has 20 heavy (non-hydrogen) atoms. The van der Waals surface area contributed by atoms with Crippen LogP contribution in [0.15, 0.2) is 30.3 Å². The number of carbonyl (C=O) groups is 1. The summed E-state index contributed by atoms with van der Waals surface area (Å²) >= 11 is 0. The zero-order valence-electron chi connectivity index (χ0n) is 11.6. The third-order valence-electron chi connectivity index (χ3n) is 2.85. The Hall–Kier alpha value is -2.34. The van der Waals surface area contributed by atoms with E-state index in [-0.39, 0.29) is 5.69 Å². The number of hydrogen-bond donors (Lipinski definition) is 2. The molecule has 0 amide bonds. The number of nitrogens with one attached hydrogen (secondary N) is 1. The highest BCUT2D eigenvalue weighted by Gasteiger charge is 2.22. The van der Waals surface area contributed by atoms with Crippen molar-refractivity contribution in [1.29, 1.82) is 0 Å². The third kappa shape index (κ3) is 2.65. The van der Waals surface area contributed by atoms with Crippen molar-refractivity contribution in [2.45, 2.75) is 13.5 Å². The SMILES string of the molecule is CCOC(=O)c1nn(-c2ccccc2)c(N)c1CNC. The van der Waals surface area contributed by atoms with E-state index in [0.29, 0.717) is 24.5 Å². The first-order chi connectivity index (χ1) is 9.69. The van der Waals surface area contributed by atoms with Gasteiger partial charge in [0.25, 0.3) is 0 Å². The summed E-state index contributed by atoms with van der Waals surface area (Å²) < 4.78 is 6.58. The summed E-state index contributed by atoms with van der Waals surface area (Å²) in [7, 11) is 1.79. The van der Waals surface area contributed by atoms with Gasteiger partial charge in [-0.15, -0.1) is 0 Å². The molecule has 0 aliphatic rings. The second-order valence-corrected chi connectivity index (χ2v) is 4.21. The van der Waals surface area contributed by atoms with Crippen LogP contribution < -0.4 is 11.1 Å². The maximum Gasteiger partial charge on any atom is 0.359 e. The van der Waals surface area contributed by atoms with Gasteiger partial charge in [-0.2, -0.15) is 5.10 Å². The molecule has 0 saturated carbocycles. The molecular weight excluding hydrogens is 256 g/mol. The number of para-hydroxylation sites is 1. The molecule has 0 fully saturated rings. The Labute approximate surface area is 117 Å². The minimum absolute atomic E-state index is 0.252. The van der Waals surface area contributed by atoms with Crippen LogP contribution in [0.4, 0.5) is 5.82 Å². The largest absolute Gasteiger partial charge is 0.461 e. The van der Waals surface area contributed by atoms with E-state index in [1.54, 1.807) is 18.7 Å². The lowest BCUT2D eigenvalue weighted by molar-refractivity contribution is 0.0517. The second kappa shape index (κ2) is 6.21. The zero-order valence-corrected chi connectivity index (χ0v) is 11.6. The fourth-order valence-corrected chi connectivity index (χ4v) is 1.94. The molecule has 2 rings (SSSR count). The Morgan fingerprint density at radius 2 is 2.10 bits per heavy atom. The van der Waals surface area contributed by atoms with Gasteiger partial charge in [0, 0.05) is 12.1 Å². The average Bonchev–Trinajstić information content (AvgIpc) is 2.78. The summed E-state index contributed by atoms with van der Waals surface area (Å²) in [5.41, 5.74) is 7.81. The molecule has 0 saturated heterocycles. The van der Waals surface area contributed by atoms with E-state index in [4.69, 9.17) is 10.5 Å². The number of anilines is 1. The average molecular weight is 274 g/mol. The van der Waals surface area contributed by atoms with E-state index in [2.05, 4.69) is 10.4 Å². The first kappa shape index (κ1) is 14.1. The first-order valence-corrected chi connectivity index (χ1v) is 6.43. The fourth-order valence-electron chi connectivity index (χ4n) is 1.94. The van der Waals surface area contributed by atoms with Gasteiger partial charge in [-0.3, -0.25) is 0 Å². The van der Waals surface area contributed by atoms with Crippen LogP contribution in [0.1, 0.15) is 23.0 Å². The van der Waals surface area contributed by atoms with E-state index in [9.17, 15) is 4.79 Å². The molecule has 0 atom stereocenters. The number of benzene rings is 1. The number of nitrogens with two attached hydrogens (primary N) is 1. The topological polar surface area (TPSA) is 82.2 Å². The predicted molar refractivity (Wildman–Crippen MR) is 76.7 cm³/mol. The monoisotopic (exact) mass is 274 g/mol. The molecule has 106 valence electrons. The van der Waals surface area contributed by atoms with E-state index in [1.165, 1.54) is 0 Å². The van der Waals surface area contributed by atoms with Crippen molar-refractivity contribution in [2.75, 3.05) is 19.4 Å². The number of aromatic nitrogens is 2. The molecule has 3 N–H and O–H groups in total. The van der Waals surface area contributed by atoms with Crippen LogP contribution in [-0.2, 0) is 11.3 Å². The molecule has 1 aromatic carbocycles. The Morgan fingerprint density at radius 1 is 1.40 bits per heavy atom. The van der Waals surface area contributed by atoms with Gasteiger partial charge >= 0.3 is 5.97 Å². The van der Waals surface area contributed by atoms with Crippen LogP contribution in [-0.4, -0.2) is 29.4 Å². The number of carbonyl (C=O) groups excluding carboxylic acids is 1. The van der Waals surface area contributed by atoms with Crippen molar-refractivity contribution in [3.63, 3.8) is 0 Å². The van der Waals surface area contributed by atoms with Crippen molar-refractivity contribution in [3.8, 4) is 5.69 Å². The fraction of sp³-hybridized carbons (Fsp3) is 0.286. The molecular formula is C14H18N4O2. The minimum Gasteiger partial charge on any atom is -0.461 e. The Bertz CT molecular complexity index is 593. The Kier molecular flexibility index (Phi) is 4.37. The molecule has 1 aromatic heterocycles. The van der Waals surface area contributed by atoms with Crippen LogP contribution in [0.3, 0.4) is 0 Å². The molecule has 0 radical (unpaired) electrons. The standard InChI is InChI=1S/C14H18N4O2/c1-3-20-14(19)12-11(9-16-2)13(15)18(17-12)10-7-5-4-6-8-10/h4-8,16H,3,9,15H2,1-2H3. The zero-order chi connectivity index (χ0) is 14.5. The minimum atomic E-state index is -0.459. The van der Waals surface area contributed by atoms with Crippen LogP contribution in [0.25, 0.3) is 5.69 Å². The van der Waals surface area contributed by atoms with Crippen molar-refractivity contribution >= 4 is 11.8 Å². The van der Waals surface area contributed by atoms with E-state index < -0.39 is 5.97 Å². The summed E-state index contributed by atoms with van der Waals surface area (Å²) in [6.45, 7) is 2.51. The number of esters is 1. The first-order valence-electron chi connectivity index (χ1n) is 6.43. The van der Waals surface area contributed by atoms with Gasteiger partial charge in [0.1, 0.15) is 5.82 Å². The lowest BCUT2D eigenvalue weighted by Gasteiger charge is -2.04. The maximum absolute atomic E-state index is 12.0. The molecule has 0 unspecified atom stereocenters. The van der Waals surface area contributed by atoms with Crippen LogP contribution in [0.2, 0.25) is 0 Å². The molecule has 0 aliphatic carbocycles. The molecule has 1 heterocycles. The summed E-state index contributed by atoms with van der Waals surface area (Å²) in [5, 5.41) is 7.28. The Balaban J connectivity index is 2.50. The Morgan fingerprint density at radius 3 is 2.70 bits per heavy atom. The summed E-state index contributed by atoms with van der Waals surface area (Å²) in [6, 6.07) is 9.43. The summed E-state index contributed by atoms with van der Waals surface area (Å²) in [5.74, 6) is -0.0206. The van der Waals surface area contributed by atoms with E-state index in [0.717, 1.165) is 5.69 Å². The van der Waals surface area contributed by atoms with Gasteiger partial charge in [-0.25, -0.2) is 9.48 Å². The van der Waals surface area contributed by atoms with Gasteiger partial charge in [-0.1, -0.05) is 18.2 Å². The molecule has 0 aliphatic heterocycles. The maximum atomic E-state index is 12.0. The number of hydrogen-bond acceptors (Lipinski definition) is 5. The van der Waals surface area contributed by atoms with Crippen molar-refractivity contribution < 1.29 is 9.53 Å². The lowest BCUT2D eigenvalue weighted by Crippen LogP contribution is -2.13. The smallest absolute Gasteiger partial charge is 0.359 e. The number of nitrogens with zero attached hydrogens (tertiary/aromatic N) is 2. The normalized spacial score (nSPS) is 10.5. The van der Waals surface area contributed by atoms with Gasteiger partial charge in [0.05, 0.1) is 12.3 Å². The van der Waals surface area contributed by atoms with Crippen molar-refractivity contribution in [1.82, 2.24) is 15.1 Å². The predicted octanol–water partition coefficient (Wildman–Crippen LogP) is 1.35. The quantitative estimate of drug-likeness (QED) is 0.804. The number of rotatable bonds is 5. The third-order valence-corrected chi connectivity index (χ3v) is 2.85. The molecule has 6 nitrogen and oxygen atoms in total. The number of ether oxygens (including phenoxy) is 1. The highest BCUT2D eigenvalue weighted by Crippen LogP contribution is 2.21. The summed E-state index contributed by atoms with van der Waals surface area (Å²) in [6.07, 6.45) is 0. The molecule has 2 aromatic rings. The van der Waals surface area contributed by atoms with Gasteiger partial charge in [0.15, 0.2) is 5.69 Å².